The van der Waals surface area contributed by atoms with Crippen LogP contribution in [-0.4, -0.2) is 56.0 Å². The molecule has 6 nitrogen and oxygen atoms in total. The summed E-state index contributed by atoms with van der Waals surface area (Å²) in [4.78, 5) is 25.6. The maximum atomic E-state index is 11.7. The Bertz CT molecular complexity index is 548. The lowest BCUT2D eigenvalue weighted by Crippen LogP contribution is -2.43. The summed E-state index contributed by atoms with van der Waals surface area (Å²) in [6, 6.07) is 10.2. The van der Waals surface area contributed by atoms with E-state index in [2.05, 4.69) is 27.7 Å². The van der Waals surface area contributed by atoms with Gasteiger partial charge in [-0.15, -0.1) is 0 Å². The second-order valence-electron chi connectivity index (χ2n) is 6.78. The van der Waals surface area contributed by atoms with Gasteiger partial charge in [0.05, 0.1) is 12.7 Å². The second-order valence-corrected chi connectivity index (χ2v) is 6.78. The van der Waals surface area contributed by atoms with Crippen molar-refractivity contribution in [3.63, 3.8) is 0 Å². The molecule has 1 saturated heterocycles. The summed E-state index contributed by atoms with van der Waals surface area (Å²) < 4.78 is 5.85. The lowest BCUT2D eigenvalue weighted by molar-refractivity contribution is -0.139. The van der Waals surface area contributed by atoms with Crippen molar-refractivity contribution in [1.29, 1.82) is 0 Å². The Labute approximate surface area is 149 Å². The Kier molecular flexibility index (Phi) is 7.88. The lowest BCUT2D eigenvalue weighted by Gasteiger charge is -2.33. The van der Waals surface area contributed by atoms with Crippen molar-refractivity contribution in [2.24, 2.45) is 5.92 Å². The molecule has 2 N–H and O–H groups in total. The number of rotatable bonds is 7. The zero-order valence-corrected chi connectivity index (χ0v) is 15.2. The summed E-state index contributed by atoms with van der Waals surface area (Å²) in [6.45, 7) is 8.33. The van der Waals surface area contributed by atoms with E-state index in [4.69, 9.17) is 4.74 Å². The molecule has 0 spiro atoms. The van der Waals surface area contributed by atoms with Crippen molar-refractivity contribution in [3.8, 4) is 0 Å². The van der Waals surface area contributed by atoms with Gasteiger partial charge in [0.2, 0.25) is 0 Å². The molecule has 25 heavy (non-hydrogen) atoms. The number of hydrogen-bond donors (Lipinski definition) is 2. The molecule has 1 aliphatic rings. The molecule has 0 saturated carbocycles. The van der Waals surface area contributed by atoms with E-state index in [0.29, 0.717) is 25.6 Å². The van der Waals surface area contributed by atoms with Gasteiger partial charge in [0.25, 0.3) is 0 Å². The molecular weight excluding hydrogens is 318 g/mol. The Morgan fingerprint density at radius 2 is 1.92 bits per heavy atom. The summed E-state index contributed by atoms with van der Waals surface area (Å²) in [5, 5.41) is 5.30. The number of nitrogens with one attached hydrogen (secondary N) is 2. The van der Waals surface area contributed by atoms with Crippen LogP contribution < -0.4 is 10.6 Å². The van der Waals surface area contributed by atoms with Gasteiger partial charge in [0, 0.05) is 32.7 Å². The van der Waals surface area contributed by atoms with Crippen molar-refractivity contribution in [3.05, 3.63) is 35.9 Å². The van der Waals surface area contributed by atoms with Gasteiger partial charge in [-0.3, -0.25) is 14.5 Å². The first-order valence-electron chi connectivity index (χ1n) is 9.01. The Morgan fingerprint density at radius 3 is 2.64 bits per heavy atom. The van der Waals surface area contributed by atoms with Gasteiger partial charge < -0.3 is 15.4 Å². The lowest BCUT2D eigenvalue weighted by atomic mass is 10.1. The van der Waals surface area contributed by atoms with Crippen LogP contribution in [0.2, 0.25) is 0 Å². The fourth-order valence-electron chi connectivity index (χ4n) is 2.74. The third-order valence-electron chi connectivity index (χ3n) is 4.14. The van der Waals surface area contributed by atoms with Crippen LogP contribution in [0.5, 0.6) is 0 Å². The van der Waals surface area contributed by atoms with Crippen LogP contribution in [0.4, 0.5) is 0 Å². The highest BCUT2D eigenvalue weighted by Crippen LogP contribution is 2.21. The number of morpholine rings is 1. The monoisotopic (exact) mass is 347 g/mol. The van der Waals surface area contributed by atoms with Crippen LogP contribution in [0.25, 0.3) is 0 Å². The largest absolute Gasteiger partial charge is 0.371 e. The molecule has 1 heterocycles. The first-order valence-corrected chi connectivity index (χ1v) is 9.01. The van der Waals surface area contributed by atoms with Crippen LogP contribution >= 0.6 is 0 Å². The quantitative estimate of drug-likeness (QED) is 0.577. The van der Waals surface area contributed by atoms with E-state index in [0.717, 1.165) is 26.1 Å². The molecule has 6 heteroatoms. The van der Waals surface area contributed by atoms with Gasteiger partial charge in [0.15, 0.2) is 0 Å². The van der Waals surface area contributed by atoms with Crippen molar-refractivity contribution >= 4 is 11.8 Å². The van der Waals surface area contributed by atoms with E-state index in [-0.39, 0.29) is 6.10 Å². The number of nitrogens with zero attached hydrogens (tertiary/aromatic N) is 1. The van der Waals surface area contributed by atoms with E-state index in [1.165, 1.54) is 5.56 Å². The van der Waals surface area contributed by atoms with E-state index >= 15 is 0 Å². The summed E-state index contributed by atoms with van der Waals surface area (Å²) >= 11 is 0. The molecule has 1 aliphatic heterocycles. The topological polar surface area (TPSA) is 70.7 Å². The number of carbonyl (C=O) groups is 2. The molecule has 2 rings (SSSR count). The van der Waals surface area contributed by atoms with Gasteiger partial charge in [0.1, 0.15) is 0 Å². The van der Waals surface area contributed by atoms with E-state index in [9.17, 15) is 9.59 Å². The van der Waals surface area contributed by atoms with Gasteiger partial charge in [-0.05, 0) is 17.9 Å². The maximum absolute atomic E-state index is 11.7. The highest BCUT2D eigenvalue weighted by Gasteiger charge is 2.21. The minimum atomic E-state index is -0.552. The molecular formula is C19H29N3O3. The highest BCUT2D eigenvalue weighted by atomic mass is 16.5. The molecule has 2 amide bonds. The first-order chi connectivity index (χ1) is 12.1. The van der Waals surface area contributed by atoms with Gasteiger partial charge >= 0.3 is 11.8 Å². The van der Waals surface area contributed by atoms with Crippen LogP contribution in [0.15, 0.2) is 30.3 Å². The summed E-state index contributed by atoms with van der Waals surface area (Å²) in [6.07, 6.45) is 0.913. The summed E-state index contributed by atoms with van der Waals surface area (Å²) in [5.41, 5.74) is 1.20. The smallest absolute Gasteiger partial charge is 0.309 e. The average Bonchev–Trinajstić information content (AvgIpc) is 2.64. The van der Waals surface area contributed by atoms with Gasteiger partial charge in [-0.25, -0.2) is 0 Å². The third kappa shape index (κ3) is 6.84. The van der Waals surface area contributed by atoms with Crippen LogP contribution in [0, 0.1) is 5.92 Å². The van der Waals surface area contributed by atoms with E-state index in [1.54, 1.807) is 0 Å². The van der Waals surface area contributed by atoms with Crippen molar-refractivity contribution in [1.82, 2.24) is 15.5 Å². The molecule has 1 fully saturated rings. The molecule has 1 atom stereocenters. The maximum Gasteiger partial charge on any atom is 0.309 e. The summed E-state index contributed by atoms with van der Waals surface area (Å²) in [7, 11) is 0. The third-order valence-corrected chi connectivity index (χ3v) is 4.14. The minimum absolute atomic E-state index is 0.103. The second kappa shape index (κ2) is 10.2. The number of hydrogen-bond acceptors (Lipinski definition) is 4. The zero-order chi connectivity index (χ0) is 18.1. The number of benzene rings is 1. The number of amides is 2. The number of carbonyl (C=O) groups excluding carboxylic acids is 2. The zero-order valence-electron chi connectivity index (χ0n) is 15.2. The molecule has 1 aromatic rings. The first kappa shape index (κ1) is 19.4. The van der Waals surface area contributed by atoms with Crippen molar-refractivity contribution in [2.45, 2.75) is 26.4 Å². The van der Waals surface area contributed by atoms with Crippen LogP contribution in [-0.2, 0) is 14.3 Å². The highest BCUT2D eigenvalue weighted by molar-refractivity contribution is 6.35. The van der Waals surface area contributed by atoms with Crippen LogP contribution in [0.3, 0.4) is 0 Å². The van der Waals surface area contributed by atoms with E-state index in [1.807, 2.05) is 32.0 Å². The molecule has 1 aromatic carbocycles. The van der Waals surface area contributed by atoms with Gasteiger partial charge in [-0.2, -0.15) is 0 Å². The summed E-state index contributed by atoms with van der Waals surface area (Å²) in [5.74, 6) is -0.773. The molecule has 0 bridgehead atoms. The molecule has 0 aromatic heterocycles. The Balaban J connectivity index is 1.64. The average molecular weight is 347 g/mol. The molecule has 0 radical (unpaired) electrons. The fraction of sp³-hybridized carbons (Fsp3) is 0.579. The standard InChI is InChI=1S/C19H29N3O3/c1-15(2)13-21-19(24)18(23)20-9-6-10-22-11-12-25-17(14-22)16-7-4-3-5-8-16/h3-5,7-8,15,17H,6,9-14H2,1-2H3,(H,20,23)(H,21,24)/t17-/m0/s1. The van der Waals surface area contributed by atoms with Crippen LogP contribution in [0.1, 0.15) is 31.9 Å². The predicted molar refractivity (Wildman–Crippen MR) is 97.0 cm³/mol. The predicted octanol–water partition coefficient (Wildman–Crippen LogP) is 1.34. The molecule has 0 unspecified atom stereocenters. The molecule has 138 valence electrons. The van der Waals surface area contributed by atoms with Gasteiger partial charge in [-0.1, -0.05) is 44.2 Å². The Morgan fingerprint density at radius 1 is 1.20 bits per heavy atom. The fourth-order valence-corrected chi connectivity index (χ4v) is 2.74. The van der Waals surface area contributed by atoms with Crippen molar-refractivity contribution in [2.75, 3.05) is 39.3 Å². The SMILES string of the molecule is CC(C)CNC(=O)C(=O)NCCCN1CCO[C@H](c2ccccc2)C1. The van der Waals surface area contributed by atoms with E-state index < -0.39 is 11.8 Å². The minimum Gasteiger partial charge on any atom is -0.371 e. The molecule has 0 aliphatic carbocycles. The Hall–Kier alpha value is -1.92. The normalized spacial score (nSPS) is 18.1. The van der Waals surface area contributed by atoms with Crippen molar-refractivity contribution < 1.29 is 14.3 Å². The number of ether oxygens (including phenoxy) is 1.